The van der Waals surface area contributed by atoms with Crippen LogP contribution in [-0.2, 0) is 26.8 Å². The molecular formula is C26H22N2O3S. The predicted molar refractivity (Wildman–Crippen MR) is 123 cm³/mol. The van der Waals surface area contributed by atoms with Crippen LogP contribution in [0.3, 0.4) is 0 Å². The molecule has 6 heteroatoms. The van der Waals surface area contributed by atoms with Gasteiger partial charge in [-0.05, 0) is 52.4 Å². The molecule has 5 rings (SSSR count). The third kappa shape index (κ3) is 4.32. The van der Waals surface area contributed by atoms with Gasteiger partial charge < -0.3 is 0 Å². The van der Waals surface area contributed by atoms with E-state index in [1.54, 1.807) is 18.2 Å². The minimum absolute atomic E-state index is 0.00152. The van der Waals surface area contributed by atoms with Gasteiger partial charge in [0.05, 0.1) is 4.90 Å². The summed E-state index contributed by atoms with van der Waals surface area (Å²) in [6.45, 7) is 0. The zero-order chi connectivity index (χ0) is 22.1. The van der Waals surface area contributed by atoms with E-state index in [4.69, 9.17) is 0 Å². The van der Waals surface area contributed by atoms with Crippen molar-refractivity contribution in [3.05, 3.63) is 102 Å². The summed E-state index contributed by atoms with van der Waals surface area (Å²) in [5, 5.41) is 2.31. The van der Waals surface area contributed by atoms with Gasteiger partial charge in [0.2, 0.25) is 0 Å². The van der Waals surface area contributed by atoms with Crippen LogP contribution in [0, 0.1) is 5.92 Å². The van der Waals surface area contributed by atoms with E-state index in [1.807, 2.05) is 30.3 Å². The van der Waals surface area contributed by atoms with Gasteiger partial charge in [-0.15, -0.1) is 0 Å². The fraction of sp³-hybridized carbons (Fsp3) is 0.192. The number of carbonyl (C=O) groups excluding carboxylic acids is 1. The Bertz CT molecular complexity index is 1380. The lowest BCUT2D eigenvalue weighted by atomic mass is 10.00. The third-order valence-corrected chi connectivity index (χ3v) is 7.63. The van der Waals surface area contributed by atoms with Crippen LogP contribution >= 0.6 is 0 Å². The first-order valence-electron chi connectivity index (χ1n) is 10.6. The number of hydrogen-bond acceptors (Lipinski definition) is 5. The molecular weight excluding hydrogens is 420 g/mol. The predicted octanol–water partition coefficient (Wildman–Crippen LogP) is 4.52. The maximum absolute atomic E-state index is 12.8. The molecule has 1 aliphatic carbocycles. The molecule has 1 unspecified atom stereocenters. The molecule has 3 aromatic carbocycles. The zero-order valence-electron chi connectivity index (χ0n) is 17.4. The van der Waals surface area contributed by atoms with Gasteiger partial charge in [0.15, 0.2) is 9.84 Å². The first-order valence-corrected chi connectivity index (χ1v) is 12.2. The molecule has 1 fully saturated rings. The van der Waals surface area contributed by atoms with Crippen molar-refractivity contribution in [2.24, 2.45) is 5.92 Å². The maximum Gasteiger partial charge on any atom is 0.185 e. The molecule has 0 bridgehead atoms. The first kappa shape index (κ1) is 20.5. The molecule has 160 valence electrons. The fourth-order valence-corrected chi connectivity index (χ4v) is 5.39. The van der Waals surface area contributed by atoms with E-state index in [2.05, 4.69) is 34.2 Å². The van der Waals surface area contributed by atoms with Crippen molar-refractivity contribution in [2.75, 3.05) is 0 Å². The Morgan fingerprint density at radius 3 is 2.34 bits per heavy atom. The molecule has 0 aliphatic heterocycles. The summed E-state index contributed by atoms with van der Waals surface area (Å²) >= 11 is 0. The van der Waals surface area contributed by atoms with Crippen LogP contribution in [0.1, 0.15) is 29.3 Å². The number of carbonyl (C=O) groups is 1. The molecule has 0 amide bonds. The van der Waals surface area contributed by atoms with E-state index in [1.165, 1.54) is 17.8 Å². The highest BCUT2D eigenvalue weighted by Gasteiger charge is 2.43. The van der Waals surface area contributed by atoms with Crippen LogP contribution in [0.2, 0.25) is 0 Å². The summed E-state index contributed by atoms with van der Waals surface area (Å²) in [6.07, 6.45) is 4.30. The third-order valence-electron chi connectivity index (χ3n) is 6.00. The Morgan fingerprint density at radius 1 is 0.875 bits per heavy atom. The smallest absolute Gasteiger partial charge is 0.185 e. The van der Waals surface area contributed by atoms with Crippen molar-refractivity contribution in [3.8, 4) is 0 Å². The van der Waals surface area contributed by atoms with Crippen LogP contribution in [0.5, 0.6) is 0 Å². The van der Waals surface area contributed by atoms with Crippen LogP contribution in [0.25, 0.3) is 10.8 Å². The monoisotopic (exact) mass is 442 g/mol. The van der Waals surface area contributed by atoms with Crippen molar-refractivity contribution in [3.63, 3.8) is 0 Å². The van der Waals surface area contributed by atoms with Crippen LogP contribution < -0.4 is 0 Å². The molecule has 0 N–H and O–H groups in total. The van der Waals surface area contributed by atoms with Crippen molar-refractivity contribution >= 4 is 26.4 Å². The number of benzene rings is 3. The Balaban J connectivity index is 1.24. The van der Waals surface area contributed by atoms with E-state index in [9.17, 15) is 13.2 Å². The normalized spacial score (nSPS) is 17.9. The number of rotatable bonds is 7. The number of fused-ring (bicyclic) bond motifs is 1. The van der Waals surface area contributed by atoms with Gasteiger partial charge in [-0.2, -0.15) is 0 Å². The molecule has 1 aromatic heterocycles. The Morgan fingerprint density at radius 2 is 1.59 bits per heavy atom. The van der Waals surface area contributed by atoms with Crippen molar-refractivity contribution in [1.82, 2.24) is 9.97 Å². The lowest BCUT2D eigenvalue weighted by Crippen LogP contribution is -2.08. The number of ketones is 1. The molecule has 0 radical (unpaired) electrons. The van der Waals surface area contributed by atoms with Crippen LogP contribution in [0.4, 0.5) is 0 Å². The number of nitrogens with zero attached hydrogens (tertiary/aromatic N) is 2. The Labute approximate surface area is 187 Å². The highest BCUT2D eigenvalue weighted by molar-refractivity contribution is 7.90. The quantitative estimate of drug-likeness (QED) is 0.421. The van der Waals surface area contributed by atoms with E-state index >= 15 is 0 Å². The number of Topliss-reactive ketones (excluding diaryl/α,β-unsaturated/α-hetero) is 1. The largest absolute Gasteiger partial charge is 0.299 e. The summed E-state index contributed by atoms with van der Waals surface area (Å²) in [5.74, 6) is 0.448. The van der Waals surface area contributed by atoms with E-state index in [-0.39, 0.29) is 34.1 Å². The number of aromatic nitrogens is 2. The van der Waals surface area contributed by atoms with Crippen LogP contribution in [-0.4, -0.2) is 24.2 Å². The van der Waals surface area contributed by atoms with E-state index in [0.717, 1.165) is 22.9 Å². The van der Waals surface area contributed by atoms with Gasteiger partial charge in [0, 0.05) is 24.7 Å². The average molecular weight is 443 g/mol. The van der Waals surface area contributed by atoms with Crippen molar-refractivity contribution < 1.29 is 13.2 Å². The Hall–Kier alpha value is -3.38. The van der Waals surface area contributed by atoms with Gasteiger partial charge in [-0.3, -0.25) is 4.79 Å². The Kier molecular flexibility index (Phi) is 5.31. The van der Waals surface area contributed by atoms with Gasteiger partial charge in [-0.25, -0.2) is 18.4 Å². The minimum atomic E-state index is -3.52. The standard InChI is InChI=1S/C26H22N2O3S/c29-25(15-18-6-7-19-4-1-2-5-21(19)14-18)24-16-23(24)20-8-10-22(11-9-20)32(30,31)17-26-27-12-3-13-28-26/h1-14,23-24H,15-17H2/t23?,24-/m1/s1. The summed E-state index contributed by atoms with van der Waals surface area (Å²) < 4.78 is 25.3. The molecule has 1 aliphatic rings. The molecule has 32 heavy (non-hydrogen) atoms. The maximum atomic E-state index is 12.8. The second-order valence-electron chi connectivity index (χ2n) is 8.27. The molecule has 1 saturated carbocycles. The molecule has 0 spiro atoms. The molecule has 1 heterocycles. The molecule has 0 saturated heterocycles. The van der Waals surface area contributed by atoms with Crippen LogP contribution in [0.15, 0.2) is 90.1 Å². The molecule has 4 aromatic rings. The summed E-state index contributed by atoms with van der Waals surface area (Å²) in [4.78, 5) is 21.1. The van der Waals surface area contributed by atoms with Crippen molar-refractivity contribution in [1.29, 1.82) is 0 Å². The van der Waals surface area contributed by atoms with Gasteiger partial charge in [-0.1, -0.05) is 54.6 Å². The summed E-state index contributed by atoms with van der Waals surface area (Å²) in [6, 6.07) is 22.8. The lowest BCUT2D eigenvalue weighted by molar-refractivity contribution is -0.119. The SMILES string of the molecule is O=C(Cc1ccc2ccccc2c1)[C@@H]1CC1c1ccc(S(=O)(=O)Cc2ncccn2)cc1. The second-order valence-corrected chi connectivity index (χ2v) is 10.3. The lowest BCUT2D eigenvalue weighted by Gasteiger charge is -2.06. The average Bonchev–Trinajstić information content (AvgIpc) is 3.61. The second kappa shape index (κ2) is 8.28. The number of sulfone groups is 1. The molecule has 5 nitrogen and oxygen atoms in total. The summed E-state index contributed by atoms with van der Waals surface area (Å²) in [5.41, 5.74) is 2.04. The van der Waals surface area contributed by atoms with Gasteiger partial charge in [0.1, 0.15) is 17.4 Å². The summed E-state index contributed by atoms with van der Waals surface area (Å²) in [7, 11) is -3.52. The van der Waals surface area contributed by atoms with E-state index in [0.29, 0.717) is 6.42 Å². The van der Waals surface area contributed by atoms with Crippen molar-refractivity contribution in [2.45, 2.75) is 29.4 Å². The first-order chi connectivity index (χ1) is 15.5. The highest BCUT2D eigenvalue weighted by atomic mass is 32.2. The topological polar surface area (TPSA) is 77.0 Å². The molecule has 2 atom stereocenters. The van der Waals surface area contributed by atoms with Gasteiger partial charge in [0.25, 0.3) is 0 Å². The highest BCUT2D eigenvalue weighted by Crippen LogP contribution is 2.48. The fourth-order valence-electron chi connectivity index (χ4n) is 4.18. The van der Waals surface area contributed by atoms with Gasteiger partial charge >= 0.3 is 0 Å². The number of hydrogen-bond donors (Lipinski definition) is 0. The zero-order valence-corrected chi connectivity index (χ0v) is 18.2. The minimum Gasteiger partial charge on any atom is -0.299 e. The van der Waals surface area contributed by atoms with E-state index < -0.39 is 9.84 Å².